The summed E-state index contributed by atoms with van der Waals surface area (Å²) in [6, 6.07) is 5.42. The van der Waals surface area contributed by atoms with Crippen molar-refractivity contribution in [2.24, 2.45) is 0 Å². The van der Waals surface area contributed by atoms with Crippen molar-refractivity contribution in [1.82, 2.24) is 9.55 Å². The summed E-state index contributed by atoms with van der Waals surface area (Å²) in [5.74, 6) is -0.451. The highest BCUT2D eigenvalue weighted by Crippen LogP contribution is 2.26. The lowest BCUT2D eigenvalue weighted by Crippen LogP contribution is -2.03. The number of rotatable bonds is 7. The molecule has 0 aliphatic heterocycles. The van der Waals surface area contributed by atoms with Crippen LogP contribution in [0.5, 0.6) is 5.75 Å². The number of imidazole rings is 1. The third-order valence-corrected chi connectivity index (χ3v) is 3.56. The van der Waals surface area contributed by atoms with E-state index in [2.05, 4.69) is 4.98 Å². The van der Waals surface area contributed by atoms with Gasteiger partial charge in [-0.25, -0.2) is 9.78 Å². The van der Waals surface area contributed by atoms with E-state index in [1.807, 2.05) is 29.8 Å². The number of benzene rings is 1. The molecule has 0 amide bonds. The van der Waals surface area contributed by atoms with Crippen LogP contribution >= 0.6 is 0 Å². The Morgan fingerprint density at radius 3 is 2.62 bits per heavy atom. The second-order valence-electron chi connectivity index (χ2n) is 5.53. The number of carbonyl (C=O) groups is 2. The smallest absolute Gasteiger partial charge is 0.331 e. The maximum Gasteiger partial charge on any atom is 0.331 e. The zero-order valence-corrected chi connectivity index (χ0v) is 13.9. The fourth-order valence-corrected chi connectivity index (χ4v) is 2.30. The molecule has 0 aliphatic carbocycles. The molecule has 24 heavy (non-hydrogen) atoms. The Balaban J connectivity index is 2.35. The van der Waals surface area contributed by atoms with Gasteiger partial charge >= 0.3 is 5.97 Å². The van der Waals surface area contributed by atoms with Gasteiger partial charge in [0, 0.05) is 18.2 Å². The Hall–Kier alpha value is -2.89. The summed E-state index contributed by atoms with van der Waals surface area (Å²) >= 11 is 0. The summed E-state index contributed by atoms with van der Waals surface area (Å²) < 4.78 is 7.25. The number of aliphatic carboxylic acids is 1. The molecule has 0 saturated carbocycles. The van der Waals surface area contributed by atoms with Crippen LogP contribution in [0.25, 0.3) is 11.8 Å². The van der Waals surface area contributed by atoms with E-state index in [-0.39, 0.29) is 24.2 Å². The van der Waals surface area contributed by atoms with Crippen molar-refractivity contribution in [3.8, 4) is 11.4 Å². The zero-order valence-electron chi connectivity index (χ0n) is 13.9. The van der Waals surface area contributed by atoms with Crippen molar-refractivity contribution in [3.05, 3.63) is 47.6 Å². The minimum Gasteiger partial charge on any atom is -0.495 e. The highest BCUT2D eigenvalue weighted by atomic mass is 16.5. The van der Waals surface area contributed by atoms with Gasteiger partial charge in [-0.2, -0.15) is 0 Å². The van der Waals surface area contributed by atoms with E-state index >= 15 is 0 Å². The number of hydrogen-bond acceptors (Lipinski definition) is 4. The van der Waals surface area contributed by atoms with Gasteiger partial charge in [-0.15, -0.1) is 0 Å². The van der Waals surface area contributed by atoms with Crippen LogP contribution in [0.4, 0.5) is 0 Å². The number of aryl methyl sites for hydroxylation is 1. The number of carboxylic acids is 1. The predicted octanol–water partition coefficient (Wildman–Crippen LogP) is 3.03. The molecule has 1 aromatic heterocycles. The number of ketones is 1. The molecule has 0 unspecified atom stereocenters. The molecule has 0 fully saturated rings. The van der Waals surface area contributed by atoms with Gasteiger partial charge in [-0.1, -0.05) is 6.07 Å². The molecule has 6 heteroatoms. The third-order valence-electron chi connectivity index (χ3n) is 3.56. The molecular formula is C18H20N2O4. The number of Topliss-reactive ketones (excluding diaryl/α,β-unsaturated/α-hetero) is 1. The number of hydrogen-bond donors (Lipinski definition) is 1. The van der Waals surface area contributed by atoms with Crippen LogP contribution in [0.2, 0.25) is 0 Å². The topological polar surface area (TPSA) is 81.4 Å². The zero-order chi connectivity index (χ0) is 17.7. The summed E-state index contributed by atoms with van der Waals surface area (Å²) in [5, 5.41) is 9.29. The Labute approximate surface area is 140 Å². The second-order valence-corrected chi connectivity index (χ2v) is 5.53. The number of nitrogens with zero attached hydrogens (tertiary/aromatic N) is 2. The fraction of sp³-hybridized carbons (Fsp3) is 0.278. The van der Waals surface area contributed by atoms with Gasteiger partial charge in [0.1, 0.15) is 11.5 Å². The van der Waals surface area contributed by atoms with E-state index < -0.39 is 5.97 Å². The minimum absolute atomic E-state index is 0.0365. The largest absolute Gasteiger partial charge is 0.495 e. The van der Waals surface area contributed by atoms with Crippen molar-refractivity contribution < 1.29 is 19.4 Å². The van der Waals surface area contributed by atoms with Crippen LogP contribution in [0, 0.1) is 6.92 Å². The molecule has 6 nitrogen and oxygen atoms in total. The van der Waals surface area contributed by atoms with Gasteiger partial charge in [0.05, 0.1) is 24.8 Å². The van der Waals surface area contributed by atoms with Crippen LogP contribution < -0.4 is 4.74 Å². The van der Waals surface area contributed by atoms with Gasteiger partial charge in [0.15, 0.2) is 0 Å². The Morgan fingerprint density at radius 1 is 1.33 bits per heavy atom. The van der Waals surface area contributed by atoms with Gasteiger partial charge < -0.3 is 19.2 Å². The second kappa shape index (κ2) is 7.59. The lowest BCUT2D eigenvalue weighted by atomic mass is 10.0. The van der Waals surface area contributed by atoms with E-state index in [1.165, 1.54) is 6.92 Å². The number of ether oxygens (including phenoxy) is 1. The maximum absolute atomic E-state index is 11.3. The molecule has 1 N–H and O–H groups in total. The molecule has 2 rings (SSSR count). The molecule has 0 spiro atoms. The van der Waals surface area contributed by atoms with Gasteiger partial charge in [-0.05, 0) is 44.0 Å². The maximum atomic E-state index is 11.3. The van der Waals surface area contributed by atoms with Crippen molar-refractivity contribution in [1.29, 1.82) is 0 Å². The molecule has 0 radical (unpaired) electrons. The van der Waals surface area contributed by atoms with Gasteiger partial charge in [-0.3, -0.25) is 0 Å². The highest BCUT2D eigenvalue weighted by Gasteiger charge is 2.11. The van der Waals surface area contributed by atoms with E-state index in [0.717, 1.165) is 11.4 Å². The lowest BCUT2D eigenvalue weighted by Gasteiger charge is -2.10. The molecule has 1 heterocycles. The van der Waals surface area contributed by atoms with Crippen LogP contribution in [-0.2, 0) is 9.59 Å². The van der Waals surface area contributed by atoms with Crippen molar-refractivity contribution in [2.45, 2.75) is 26.7 Å². The van der Waals surface area contributed by atoms with Crippen molar-refractivity contribution in [3.63, 3.8) is 0 Å². The average Bonchev–Trinajstić information content (AvgIpc) is 2.97. The first-order valence-electron chi connectivity index (χ1n) is 7.53. The number of carbonyl (C=O) groups excluding carboxylic acids is 1. The van der Waals surface area contributed by atoms with Crippen LogP contribution in [0.1, 0.15) is 31.0 Å². The first-order valence-corrected chi connectivity index (χ1v) is 7.53. The summed E-state index contributed by atoms with van der Waals surface area (Å²) in [4.78, 5) is 26.6. The fourth-order valence-electron chi connectivity index (χ4n) is 2.30. The SMILES string of the molecule is COc1cc(C=C(CCC(C)=O)C(=O)O)ccc1-n1cnc(C)c1. The van der Waals surface area contributed by atoms with E-state index in [1.54, 1.807) is 25.6 Å². The Morgan fingerprint density at radius 2 is 2.08 bits per heavy atom. The van der Waals surface area contributed by atoms with Gasteiger partial charge in [0.25, 0.3) is 0 Å². The minimum atomic E-state index is -1.02. The normalized spacial score (nSPS) is 11.4. The van der Waals surface area contributed by atoms with Gasteiger partial charge in [0.2, 0.25) is 0 Å². The lowest BCUT2D eigenvalue weighted by molar-refractivity contribution is -0.132. The van der Waals surface area contributed by atoms with Crippen LogP contribution in [0.3, 0.4) is 0 Å². The molecule has 2 aromatic rings. The Kier molecular flexibility index (Phi) is 5.52. The molecule has 0 saturated heterocycles. The van der Waals surface area contributed by atoms with Crippen LogP contribution in [0.15, 0.2) is 36.3 Å². The number of carboxylic acid groups (broad SMARTS) is 1. The number of aromatic nitrogens is 2. The third kappa shape index (κ3) is 4.32. The number of methoxy groups -OCH3 is 1. The van der Waals surface area contributed by atoms with E-state index in [0.29, 0.717) is 11.3 Å². The van der Waals surface area contributed by atoms with E-state index in [4.69, 9.17) is 4.74 Å². The molecule has 1 aromatic carbocycles. The molecule has 0 bridgehead atoms. The average molecular weight is 328 g/mol. The van der Waals surface area contributed by atoms with Crippen molar-refractivity contribution in [2.75, 3.05) is 7.11 Å². The summed E-state index contributed by atoms with van der Waals surface area (Å²) in [6.45, 7) is 3.35. The molecular weight excluding hydrogens is 308 g/mol. The quantitative estimate of drug-likeness (QED) is 0.790. The van der Waals surface area contributed by atoms with E-state index in [9.17, 15) is 14.7 Å². The monoisotopic (exact) mass is 328 g/mol. The standard InChI is InChI=1S/C18H20N2O4/c1-12-10-20(11-19-12)16-7-5-14(9-17(16)24-3)8-15(18(22)23)6-4-13(2)21/h5,7-11H,4,6H2,1-3H3,(H,22,23). The highest BCUT2D eigenvalue weighted by molar-refractivity contribution is 5.93. The molecule has 126 valence electrons. The molecule has 0 aliphatic rings. The first-order chi connectivity index (χ1) is 11.4. The van der Waals surface area contributed by atoms with Crippen molar-refractivity contribution >= 4 is 17.8 Å². The summed E-state index contributed by atoms with van der Waals surface area (Å²) in [5.41, 5.74) is 2.60. The molecule has 0 atom stereocenters. The summed E-state index contributed by atoms with van der Waals surface area (Å²) in [7, 11) is 1.56. The summed E-state index contributed by atoms with van der Waals surface area (Å²) in [6.07, 6.45) is 5.55. The predicted molar refractivity (Wildman–Crippen MR) is 90.4 cm³/mol. The first kappa shape index (κ1) is 17.5. The Bertz CT molecular complexity index is 790. The van der Waals surface area contributed by atoms with Crippen LogP contribution in [-0.4, -0.2) is 33.5 Å².